The number of nitrogens with zero attached hydrogens (tertiary/aromatic N) is 3. The van der Waals surface area contributed by atoms with Crippen LogP contribution in [0.25, 0.3) is 11.3 Å². The zero-order valence-electron chi connectivity index (χ0n) is 19.7. The first-order chi connectivity index (χ1) is 16.7. The van der Waals surface area contributed by atoms with Gasteiger partial charge in [0.15, 0.2) is 5.69 Å². The molecule has 2 amide bonds. The molecule has 1 aliphatic heterocycles. The summed E-state index contributed by atoms with van der Waals surface area (Å²) in [5, 5.41) is 8.06. The highest BCUT2D eigenvalue weighted by atomic mass is 35.5. The molecule has 1 saturated heterocycles. The fourth-order valence-corrected chi connectivity index (χ4v) is 5.34. The third-order valence-corrected chi connectivity index (χ3v) is 7.17. The van der Waals surface area contributed by atoms with Gasteiger partial charge in [0.2, 0.25) is 5.91 Å². The molecule has 0 radical (unpaired) electrons. The van der Waals surface area contributed by atoms with E-state index in [1.807, 2.05) is 22.9 Å². The van der Waals surface area contributed by atoms with Crippen LogP contribution in [0.1, 0.15) is 67.9 Å². The van der Waals surface area contributed by atoms with E-state index in [4.69, 9.17) is 17.3 Å². The number of alkyl halides is 2. The molecular formula is C25H32ClF2N5O2. The number of hydrogen-bond donors (Lipinski definition) is 2. The monoisotopic (exact) mass is 507 g/mol. The van der Waals surface area contributed by atoms with Crippen LogP contribution in [0.3, 0.4) is 0 Å². The van der Waals surface area contributed by atoms with Crippen molar-refractivity contribution in [2.75, 3.05) is 19.6 Å². The van der Waals surface area contributed by atoms with Crippen molar-refractivity contribution >= 4 is 23.4 Å². The number of piperidine rings is 1. The van der Waals surface area contributed by atoms with Crippen molar-refractivity contribution in [1.29, 1.82) is 0 Å². The van der Waals surface area contributed by atoms with Gasteiger partial charge in [-0.15, -0.1) is 0 Å². The third-order valence-electron chi connectivity index (χ3n) is 6.84. The summed E-state index contributed by atoms with van der Waals surface area (Å²) in [4.78, 5) is 26.5. The number of hydrogen-bond acceptors (Lipinski definition) is 4. The molecule has 1 aromatic carbocycles. The number of aromatic nitrogens is 2. The van der Waals surface area contributed by atoms with Crippen molar-refractivity contribution in [2.24, 2.45) is 5.73 Å². The first-order valence-electron chi connectivity index (χ1n) is 12.3. The first-order valence-corrected chi connectivity index (χ1v) is 12.6. The number of carbonyl (C=O) groups is 2. The predicted molar refractivity (Wildman–Crippen MR) is 130 cm³/mol. The second-order valence-electron chi connectivity index (χ2n) is 9.64. The Balaban J connectivity index is 1.51. The summed E-state index contributed by atoms with van der Waals surface area (Å²) < 4.78 is 29.4. The van der Waals surface area contributed by atoms with E-state index >= 15 is 0 Å². The maximum atomic E-state index is 13.8. The zero-order valence-corrected chi connectivity index (χ0v) is 20.4. The lowest BCUT2D eigenvalue weighted by molar-refractivity contribution is -0.118. The minimum Gasteiger partial charge on any atom is -0.370 e. The molecule has 2 fully saturated rings. The minimum absolute atomic E-state index is 0.0727. The van der Waals surface area contributed by atoms with Gasteiger partial charge in [0, 0.05) is 36.0 Å². The van der Waals surface area contributed by atoms with Gasteiger partial charge in [0.05, 0.1) is 18.3 Å². The van der Waals surface area contributed by atoms with Crippen LogP contribution in [0.2, 0.25) is 5.02 Å². The molecule has 190 valence electrons. The summed E-state index contributed by atoms with van der Waals surface area (Å²) in [5.41, 5.74) is 7.20. The van der Waals surface area contributed by atoms with Crippen LogP contribution < -0.4 is 11.1 Å². The Bertz CT molecular complexity index is 1050. The van der Waals surface area contributed by atoms with Crippen LogP contribution in [0.5, 0.6) is 0 Å². The molecule has 0 bridgehead atoms. The van der Waals surface area contributed by atoms with Crippen LogP contribution in [0, 0.1) is 0 Å². The van der Waals surface area contributed by atoms with Crippen LogP contribution in [-0.2, 0) is 4.79 Å². The molecule has 1 aliphatic carbocycles. The van der Waals surface area contributed by atoms with Gasteiger partial charge in [-0.25, -0.2) is 8.78 Å². The molecule has 2 aromatic rings. The summed E-state index contributed by atoms with van der Waals surface area (Å²) >= 11 is 6.45. The van der Waals surface area contributed by atoms with E-state index < -0.39 is 23.8 Å². The number of benzene rings is 1. The van der Waals surface area contributed by atoms with Crippen molar-refractivity contribution in [3.05, 3.63) is 41.0 Å². The average Bonchev–Trinajstić information content (AvgIpc) is 3.47. The van der Waals surface area contributed by atoms with E-state index in [9.17, 15) is 18.4 Å². The number of nitrogens with one attached hydrogen (secondary N) is 1. The summed E-state index contributed by atoms with van der Waals surface area (Å²) in [6.45, 7) is 0.603. The minimum atomic E-state index is -2.71. The second kappa shape index (κ2) is 11.0. The lowest BCUT2D eigenvalue weighted by Gasteiger charge is -2.33. The van der Waals surface area contributed by atoms with E-state index in [2.05, 4.69) is 10.4 Å². The van der Waals surface area contributed by atoms with E-state index in [1.54, 1.807) is 17.0 Å². The predicted octanol–water partition coefficient (Wildman–Crippen LogP) is 4.41. The second-order valence-corrected chi connectivity index (χ2v) is 10.0. The van der Waals surface area contributed by atoms with E-state index in [0.717, 1.165) is 36.9 Å². The zero-order chi connectivity index (χ0) is 25.0. The molecular weight excluding hydrogens is 476 g/mol. The average molecular weight is 508 g/mol. The molecule has 0 unspecified atom stereocenters. The van der Waals surface area contributed by atoms with Crippen LogP contribution in [-0.4, -0.2) is 58.1 Å². The van der Waals surface area contributed by atoms with Crippen molar-refractivity contribution < 1.29 is 18.4 Å². The van der Waals surface area contributed by atoms with Gasteiger partial charge in [0.1, 0.15) is 0 Å². The van der Waals surface area contributed by atoms with Gasteiger partial charge in [-0.05, 0) is 44.4 Å². The number of halogens is 3. The van der Waals surface area contributed by atoms with Crippen molar-refractivity contribution in [1.82, 2.24) is 20.0 Å². The van der Waals surface area contributed by atoms with Crippen LogP contribution in [0.15, 0.2) is 30.3 Å². The van der Waals surface area contributed by atoms with Gasteiger partial charge < -0.3 is 11.1 Å². The Morgan fingerprint density at radius 2 is 1.97 bits per heavy atom. The van der Waals surface area contributed by atoms with Gasteiger partial charge >= 0.3 is 0 Å². The number of rotatable bonds is 9. The third kappa shape index (κ3) is 6.58. The number of amides is 2. The standard InChI is InChI=1S/C25H32ClF2N5O2/c26-20-9-4-3-8-19(20)22-15-21(31-33(22)18-6-1-2-7-18)24(35)30-17(14-23(29)34)10-13-32-12-5-11-25(27,28)16-32/h3-4,8-9,15,17-18H,1-2,5-7,10-14,16H2,(H2,29,34)(H,30,35)/t17-/m0/s1. The molecule has 2 heterocycles. The molecule has 0 spiro atoms. The summed E-state index contributed by atoms with van der Waals surface area (Å²) in [6.07, 6.45) is 4.73. The molecule has 1 aromatic heterocycles. The largest absolute Gasteiger partial charge is 0.370 e. The van der Waals surface area contributed by atoms with Crippen LogP contribution >= 0.6 is 11.6 Å². The maximum Gasteiger partial charge on any atom is 0.272 e. The molecule has 1 atom stereocenters. The fourth-order valence-electron chi connectivity index (χ4n) is 5.11. The molecule has 1 saturated carbocycles. The van der Waals surface area contributed by atoms with Crippen molar-refractivity contribution in [3.8, 4) is 11.3 Å². The topological polar surface area (TPSA) is 93.3 Å². The maximum absolute atomic E-state index is 13.8. The summed E-state index contributed by atoms with van der Waals surface area (Å²) in [7, 11) is 0. The highest BCUT2D eigenvalue weighted by Gasteiger charge is 2.35. The highest BCUT2D eigenvalue weighted by molar-refractivity contribution is 6.33. The number of carbonyl (C=O) groups excluding carboxylic acids is 2. The van der Waals surface area contributed by atoms with Gasteiger partial charge in [-0.1, -0.05) is 42.6 Å². The van der Waals surface area contributed by atoms with Gasteiger partial charge in [0.25, 0.3) is 11.8 Å². The van der Waals surface area contributed by atoms with Gasteiger partial charge in [-0.2, -0.15) is 5.10 Å². The number of nitrogens with two attached hydrogens (primary N) is 1. The molecule has 7 nitrogen and oxygen atoms in total. The number of likely N-dealkylation sites (tertiary alicyclic amines) is 1. The molecule has 35 heavy (non-hydrogen) atoms. The molecule has 2 aliphatic rings. The fraction of sp³-hybridized carbons (Fsp3) is 0.560. The Labute approximate surface area is 209 Å². The molecule has 4 rings (SSSR count). The Morgan fingerprint density at radius 1 is 1.23 bits per heavy atom. The van der Waals surface area contributed by atoms with Crippen molar-refractivity contribution in [3.63, 3.8) is 0 Å². The molecule has 3 N–H and O–H groups in total. The van der Waals surface area contributed by atoms with Crippen molar-refractivity contribution in [2.45, 2.75) is 69.4 Å². The van der Waals surface area contributed by atoms with Crippen LogP contribution in [0.4, 0.5) is 8.78 Å². The summed E-state index contributed by atoms with van der Waals surface area (Å²) in [6, 6.07) is 8.77. The summed E-state index contributed by atoms with van der Waals surface area (Å²) in [5.74, 6) is -3.69. The Morgan fingerprint density at radius 3 is 2.66 bits per heavy atom. The lowest BCUT2D eigenvalue weighted by Crippen LogP contribution is -2.45. The van der Waals surface area contributed by atoms with Gasteiger partial charge in [-0.3, -0.25) is 19.2 Å². The van der Waals surface area contributed by atoms with E-state index in [0.29, 0.717) is 31.0 Å². The van der Waals surface area contributed by atoms with E-state index in [1.165, 1.54) is 0 Å². The smallest absolute Gasteiger partial charge is 0.272 e. The Hall–Kier alpha value is -2.52. The number of primary amides is 1. The highest BCUT2D eigenvalue weighted by Crippen LogP contribution is 2.36. The quantitative estimate of drug-likeness (QED) is 0.525. The Kier molecular flexibility index (Phi) is 8.06. The molecule has 10 heteroatoms. The first kappa shape index (κ1) is 25.6. The SMILES string of the molecule is NC(=O)C[C@H](CCN1CCCC(F)(F)C1)NC(=O)c1cc(-c2ccccc2Cl)n(C2CCCC2)n1. The lowest BCUT2D eigenvalue weighted by atomic mass is 10.0. The normalized spacial score (nSPS) is 19.5. The van der Waals surface area contributed by atoms with E-state index in [-0.39, 0.29) is 31.1 Å².